The summed E-state index contributed by atoms with van der Waals surface area (Å²) in [6.45, 7) is 5.07. The Labute approximate surface area is 174 Å². The number of piperazine rings is 1. The van der Waals surface area contributed by atoms with Crippen molar-refractivity contribution in [1.29, 1.82) is 0 Å². The van der Waals surface area contributed by atoms with Crippen molar-refractivity contribution < 1.29 is 9.59 Å². The van der Waals surface area contributed by atoms with Crippen LogP contribution in [0.25, 0.3) is 5.69 Å². The standard InChI is InChI=1S/C20H26N6O2S/c27-18(24-8-4-5-9-24)14-23-10-12-25(13-11-23)19(28)15-29-20-22-21-16-26(20)17-6-2-1-3-7-17/h1-3,6-7,16H,4-5,8-15H2. The largest absolute Gasteiger partial charge is 0.342 e. The molecule has 154 valence electrons. The lowest BCUT2D eigenvalue weighted by Gasteiger charge is -2.35. The number of hydrogen-bond acceptors (Lipinski definition) is 6. The summed E-state index contributed by atoms with van der Waals surface area (Å²) in [5, 5.41) is 8.84. The highest BCUT2D eigenvalue weighted by Gasteiger charge is 2.25. The summed E-state index contributed by atoms with van der Waals surface area (Å²) in [4.78, 5) is 30.9. The van der Waals surface area contributed by atoms with E-state index in [0.29, 0.717) is 30.5 Å². The second-order valence-electron chi connectivity index (χ2n) is 7.35. The monoisotopic (exact) mass is 414 g/mol. The molecule has 2 aliphatic heterocycles. The van der Waals surface area contributed by atoms with E-state index in [4.69, 9.17) is 0 Å². The third-order valence-electron chi connectivity index (χ3n) is 5.42. The van der Waals surface area contributed by atoms with Crippen LogP contribution in [-0.4, -0.2) is 92.8 Å². The molecule has 4 rings (SSSR count). The van der Waals surface area contributed by atoms with Crippen molar-refractivity contribution in [1.82, 2.24) is 29.5 Å². The summed E-state index contributed by atoms with van der Waals surface area (Å²) in [5.41, 5.74) is 0.976. The Hall–Kier alpha value is -2.39. The van der Waals surface area contributed by atoms with E-state index in [1.165, 1.54) is 11.8 Å². The van der Waals surface area contributed by atoms with Crippen molar-refractivity contribution in [3.05, 3.63) is 36.7 Å². The molecule has 0 spiro atoms. The fourth-order valence-corrected chi connectivity index (χ4v) is 4.55. The van der Waals surface area contributed by atoms with Gasteiger partial charge in [0.15, 0.2) is 5.16 Å². The van der Waals surface area contributed by atoms with Gasteiger partial charge in [0.25, 0.3) is 0 Å². The molecule has 29 heavy (non-hydrogen) atoms. The lowest BCUT2D eigenvalue weighted by molar-refractivity contribution is -0.133. The Bertz CT molecular complexity index is 829. The smallest absolute Gasteiger partial charge is 0.236 e. The minimum absolute atomic E-state index is 0.100. The maximum Gasteiger partial charge on any atom is 0.236 e. The molecule has 2 amide bonds. The Balaban J connectivity index is 1.24. The molecule has 0 bridgehead atoms. The minimum Gasteiger partial charge on any atom is -0.342 e. The molecule has 2 aromatic rings. The summed E-state index contributed by atoms with van der Waals surface area (Å²) < 4.78 is 1.89. The van der Waals surface area contributed by atoms with Crippen molar-refractivity contribution >= 4 is 23.6 Å². The highest BCUT2D eigenvalue weighted by molar-refractivity contribution is 7.99. The Morgan fingerprint density at radius 3 is 2.31 bits per heavy atom. The van der Waals surface area contributed by atoms with Gasteiger partial charge >= 0.3 is 0 Å². The molecule has 0 radical (unpaired) electrons. The van der Waals surface area contributed by atoms with Crippen LogP contribution in [0.15, 0.2) is 41.8 Å². The molecular weight excluding hydrogens is 388 g/mol. The number of carbonyl (C=O) groups excluding carboxylic acids is 2. The van der Waals surface area contributed by atoms with Gasteiger partial charge < -0.3 is 9.80 Å². The predicted octanol–water partition coefficient (Wildman–Crippen LogP) is 1.13. The van der Waals surface area contributed by atoms with Crippen LogP contribution in [0.1, 0.15) is 12.8 Å². The van der Waals surface area contributed by atoms with E-state index in [1.54, 1.807) is 6.33 Å². The molecular formula is C20H26N6O2S. The fourth-order valence-electron chi connectivity index (χ4n) is 3.72. The van der Waals surface area contributed by atoms with Gasteiger partial charge in [-0.05, 0) is 25.0 Å². The maximum absolute atomic E-state index is 12.6. The zero-order valence-electron chi connectivity index (χ0n) is 16.4. The summed E-state index contributed by atoms with van der Waals surface area (Å²) >= 11 is 1.40. The first kappa shape index (κ1) is 19.9. The SMILES string of the molecule is O=C(CSc1nncn1-c1ccccc1)N1CCN(CC(=O)N2CCCC2)CC1. The summed E-state index contributed by atoms with van der Waals surface area (Å²) in [6, 6.07) is 9.85. The van der Waals surface area contributed by atoms with Gasteiger partial charge in [0.1, 0.15) is 6.33 Å². The second-order valence-corrected chi connectivity index (χ2v) is 8.30. The van der Waals surface area contributed by atoms with Gasteiger partial charge in [-0.3, -0.25) is 19.1 Å². The molecule has 2 aliphatic rings. The van der Waals surface area contributed by atoms with Crippen LogP contribution >= 0.6 is 11.8 Å². The summed E-state index contributed by atoms with van der Waals surface area (Å²) in [5.74, 6) is 0.652. The minimum atomic E-state index is 0.100. The van der Waals surface area contributed by atoms with Crippen LogP contribution in [-0.2, 0) is 9.59 Å². The number of thioether (sulfide) groups is 1. The normalized spacial score (nSPS) is 17.7. The topological polar surface area (TPSA) is 74.6 Å². The fraction of sp³-hybridized carbons (Fsp3) is 0.500. The van der Waals surface area contributed by atoms with Crippen LogP contribution in [0.4, 0.5) is 0 Å². The lowest BCUT2D eigenvalue weighted by Crippen LogP contribution is -2.51. The molecule has 0 unspecified atom stereocenters. The first-order valence-electron chi connectivity index (χ1n) is 10.1. The molecule has 1 aromatic heterocycles. The quantitative estimate of drug-likeness (QED) is 0.660. The van der Waals surface area contributed by atoms with Crippen molar-refractivity contribution in [2.45, 2.75) is 18.0 Å². The van der Waals surface area contributed by atoms with Crippen molar-refractivity contribution in [3.63, 3.8) is 0 Å². The molecule has 1 aromatic carbocycles. The lowest BCUT2D eigenvalue weighted by atomic mass is 10.3. The van der Waals surface area contributed by atoms with Gasteiger partial charge in [-0.1, -0.05) is 30.0 Å². The van der Waals surface area contributed by atoms with E-state index < -0.39 is 0 Å². The van der Waals surface area contributed by atoms with Crippen molar-refractivity contribution in [2.24, 2.45) is 0 Å². The van der Waals surface area contributed by atoms with Gasteiger partial charge in [-0.15, -0.1) is 10.2 Å². The van der Waals surface area contributed by atoms with Crippen LogP contribution < -0.4 is 0 Å². The van der Waals surface area contributed by atoms with Gasteiger partial charge in [0.05, 0.1) is 12.3 Å². The average Bonchev–Trinajstić information content (AvgIpc) is 3.45. The molecule has 0 N–H and O–H groups in total. The van der Waals surface area contributed by atoms with Crippen LogP contribution in [0, 0.1) is 0 Å². The van der Waals surface area contributed by atoms with Crippen LogP contribution in [0.5, 0.6) is 0 Å². The zero-order chi connectivity index (χ0) is 20.1. The Kier molecular flexibility index (Phi) is 6.46. The van der Waals surface area contributed by atoms with E-state index in [2.05, 4.69) is 15.1 Å². The van der Waals surface area contributed by atoms with Crippen LogP contribution in [0.3, 0.4) is 0 Å². The summed E-state index contributed by atoms with van der Waals surface area (Å²) in [7, 11) is 0. The number of benzene rings is 1. The average molecular weight is 415 g/mol. The number of nitrogens with zero attached hydrogens (tertiary/aromatic N) is 6. The molecule has 0 aliphatic carbocycles. The van der Waals surface area contributed by atoms with E-state index >= 15 is 0 Å². The Morgan fingerprint density at radius 2 is 1.59 bits per heavy atom. The first-order valence-corrected chi connectivity index (χ1v) is 11.1. The molecule has 8 nitrogen and oxygen atoms in total. The summed E-state index contributed by atoms with van der Waals surface area (Å²) in [6.07, 6.45) is 3.89. The van der Waals surface area contributed by atoms with Gasteiger partial charge in [-0.25, -0.2) is 0 Å². The maximum atomic E-state index is 12.6. The third kappa shape index (κ3) is 4.97. The van der Waals surface area contributed by atoms with Gasteiger partial charge in [-0.2, -0.15) is 0 Å². The predicted molar refractivity (Wildman–Crippen MR) is 111 cm³/mol. The number of amides is 2. The molecule has 0 saturated carbocycles. The number of hydrogen-bond donors (Lipinski definition) is 0. The van der Waals surface area contributed by atoms with E-state index in [-0.39, 0.29) is 11.8 Å². The molecule has 9 heteroatoms. The van der Waals surface area contributed by atoms with Gasteiger partial charge in [0, 0.05) is 45.0 Å². The van der Waals surface area contributed by atoms with E-state index in [1.807, 2.05) is 44.7 Å². The second kappa shape index (κ2) is 9.41. The van der Waals surface area contributed by atoms with E-state index in [9.17, 15) is 9.59 Å². The first-order chi connectivity index (χ1) is 14.2. The van der Waals surface area contributed by atoms with Gasteiger partial charge in [0.2, 0.25) is 11.8 Å². The molecule has 2 saturated heterocycles. The number of para-hydroxylation sites is 1. The number of rotatable bonds is 6. The highest BCUT2D eigenvalue weighted by atomic mass is 32.2. The zero-order valence-corrected chi connectivity index (χ0v) is 17.3. The third-order valence-corrected chi connectivity index (χ3v) is 6.35. The Morgan fingerprint density at radius 1 is 0.897 bits per heavy atom. The molecule has 2 fully saturated rings. The number of aromatic nitrogens is 3. The number of likely N-dealkylation sites (tertiary alicyclic amines) is 1. The number of carbonyl (C=O) groups is 2. The molecule has 3 heterocycles. The van der Waals surface area contributed by atoms with Crippen LogP contribution in [0.2, 0.25) is 0 Å². The highest BCUT2D eigenvalue weighted by Crippen LogP contribution is 2.20. The van der Waals surface area contributed by atoms with Crippen molar-refractivity contribution in [2.75, 3.05) is 51.6 Å². The molecule has 0 atom stereocenters. The van der Waals surface area contributed by atoms with E-state index in [0.717, 1.165) is 44.7 Å². The van der Waals surface area contributed by atoms with Crippen molar-refractivity contribution in [3.8, 4) is 5.69 Å².